The molecule has 1 aliphatic rings. The summed E-state index contributed by atoms with van der Waals surface area (Å²) < 4.78 is 34.9. The molecule has 34 heavy (non-hydrogen) atoms. The molecule has 1 heterocycles. The van der Waals surface area contributed by atoms with Crippen molar-refractivity contribution in [1.82, 2.24) is 0 Å². The molecule has 5 nitrogen and oxygen atoms in total. The van der Waals surface area contributed by atoms with Gasteiger partial charge in [-0.25, -0.2) is 8.42 Å². The minimum Gasteiger partial charge on any atom is -0.461 e. The third kappa shape index (κ3) is 3.91. The van der Waals surface area contributed by atoms with Crippen LogP contribution in [0.25, 0.3) is 11.0 Å². The van der Waals surface area contributed by atoms with E-state index in [1.165, 1.54) is 12.1 Å². The van der Waals surface area contributed by atoms with E-state index in [0.717, 1.165) is 52.3 Å². The molecule has 0 unspecified atom stereocenters. The van der Waals surface area contributed by atoms with Crippen molar-refractivity contribution in [2.75, 3.05) is 4.31 Å². The van der Waals surface area contributed by atoms with Crippen LogP contribution in [-0.4, -0.2) is 14.3 Å². The smallest absolute Gasteiger partial charge is 0.272 e. The molecule has 0 aliphatic heterocycles. The molecular weight excluding hydrogens is 470 g/mol. The molecule has 1 aromatic heterocycles. The second kappa shape index (κ2) is 8.60. The van der Waals surface area contributed by atoms with Crippen molar-refractivity contribution in [3.63, 3.8) is 0 Å². The van der Waals surface area contributed by atoms with Crippen LogP contribution in [0.5, 0.6) is 0 Å². The molecule has 174 valence electrons. The number of fused-ring (bicyclic) bond motifs is 3. The van der Waals surface area contributed by atoms with Crippen molar-refractivity contribution in [3.8, 4) is 0 Å². The van der Waals surface area contributed by atoms with Gasteiger partial charge in [-0.15, -0.1) is 0 Å². The second-order valence-corrected chi connectivity index (χ2v) is 10.9. The van der Waals surface area contributed by atoms with Gasteiger partial charge in [0.25, 0.3) is 15.9 Å². The Kier molecular flexibility index (Phi) is 5.74. The number of carbonyl (C=O) groups excluding carboxylic acids is 1. The highest BCUT2D eigenvalue weighted by Gasteiger charge is 2.34. The van der Waals surface area contributed by atoms with Gasteiger partial charge >= 0.3 is 0 Å². The van der Waals surface area contributed by atoms with Gasteiger partial charge in [0, 0.05) is 28.0 Å². The quantitative estimate of drug-likeness (QED) is 0.320. The number of furan rings is 1. The summed E-state index contributed by atoms with van der Waals surface area (Å²) in [4.78, 5) is 13.8. The van der Waals surface area contributed by atoms with E-state index in [1.54, 1.807) is 49.4 Å². The predicted octanol–water partition coefficient (Wildman–Crippen LogP) is 6.62. The minimum atomic E-state index is -4.22. The molecule has 0 bridgehead atoms. The third-order valence-electron chi connectivity index (χ3n) is 6.31. The maximum atomic E-state index is 14.0. The van der Waals surface area contributed by atoms with Crippen molar-refractivity contribution in [3.05, 3.63) is 93.7 Å². The fourth-order valence-electron chi connectivity index (χ4n) is 4.54. The lowest BCUT2D eigenvalue weighted by Gasteiger charge is -2.24. The van der Waals surface area contributed by atoms with Crippen molar-refractivity contribution in [2.45, 2.75) is 44.4 Å². The van der Waals surface area contributed by atoms with Crippen LogP contribution in [-0.2, 0) is 22.9 Å². The molecule has 5 rings (SSSR count). The summed E-state index contributed by atoms with van der Waals surface area (Å²) in [7, 11) is -4.22. The number of benzene rings is 3. The van der Waals surface area contributed by atoms with E-state index in [-0.39, 0.29) is 16.1 Å². The summed E-state index contributed by atoms with van der Waals surface area (Å²) in [5.74, 6) is 0.306. The number of amides is 1. The third-order valence-corrected chi connectivity index (χ3v) is 8.42. The van der Waals surface area contributed by atoms with E-state index in [2.05, 4.69) is 0 Å². The fourth-order valence-corrected chi connectivity index (χ4v) is 6.38. The normalized spacial score (nSPS) is 13.6. The van der Waals surface area contributed by atoms with Crippen LogP contribution in [0.4, 0.5) is 5.69 Å². The number of aryl methyl sites for hydroxylation is 4. The van der Waals surface area contributed by atoms with Crippen molar-refractivity contribution >= 4 is 44.2 Å². The van der Waals surface area contributed by atoms with Gasteiger partial charge in [-0.05, 0) is 92.8 Å². The largest absolute Gasteiger partial charge is 0.461 e. The number of hydrogen-bond donors (Lipinski definition) is 0. The number of anilines is 1. The lowest BCUT2D eigenvalue weighted by atomic mass is 9.96. The van der Waals surface area contributed by atoms with Crippen molar-refractivity contribution in [1.29, 1.82) is 0 Å². The Morgan fingerprint density at radius 2 is 1.68 bits per heavy atom. The Bertz CT molecular complexity index is 1520. The van der Waals surface area contributed by atoms with Gasteiger partial charge in [0.05, 0.1) is 10.6 Å². The van der Waals surface area contributed by atoms with Gasteiger partial charge < -0.3 is 4.42 Å². The van der Waals surface area contributed by atoms with E-state index >= 15 is 0 Å². The molecule has 0 radical (unpaired) electrons. The van der Waals surface area contributed by atoms with Crippen LogP contribution in [0, 0.1) is 13.8 Å². The number of nitrogens with zero attached hydrogens (tertiary/aromatic N) is 1. The zero-order valence-electron chi connectivity index (χ0n) is 19.0. The molecule has 0 N–H and O–H groups in total. The first kappa shape index (κ1) is 22.7. The Labute approximate surface area is 204 Å². The van der Waals surface area contributed by atoms with Crippen molar-refractivity contribution in [2.24, 2.45) is 0 Å². The molecule has 0 spiro atoms. The fraction of sp³-hybridized carbons (Fsp3) is 0.222. The van der Waals surface area contributed by atoms with Crippen LogP contribution in [0.3, 0.4) is 0 Å². The van der Waals surface area contributed by atoms with Gasteiger partial charge in [0.2, 0.25) is 0 Å². The maximum absolute atomic E-state index is 14.0. The molecule has 1 amide bonds. The van der Waals surface area contributed by atoms with Crippen LogP contribution in [0.2, 0.25) is 5.02 Å². The van der Waals surface area contributed by atoms with E-state index in [9.17, 15) is 13.2 Å². The molecule has 3 aromatic carbocycles. The first-order valence-electron chi connectivity index (χ1n) is 11.2. The first-order valence-corrected chi connectivity index (χ1v) is 13.0. The molecular formula is C27H24ClNO4S. The van der Waals surface area contributed by atoms with E-state index in [4.69, 9.17) is 16.0 Å². The summed E-state index contributed by atoms with van der Waals surface area (Å²) in [6.45, 7) is 3.56. The Morgan fingerprint density at radius 1 is 0.941 bits per heavy atom. The summed E-state index contributed by atoms with van der Waals surface area (Å²) in [5, 5.41) is 1.32. The lowest BCUT2D eigenvalue weighted by Crippen LogP contribution is -2.37. The minimum absolute atomic E-state index is 0.101. The number of sulfonamides is 1. The second-order valence-electron chi connectivity index (χ2n) is 8.74. The van der Waals surface area contributed by atoms with Crippen LogP contribution < -0.4 is 4.31 Å². The van der Waals surface area contributed by atoms with E-state index in [0.29, 0.717) is 16.2 Å². The van der Waals surface area contributed by atoms with Crippen LogP contribution in [0.15, 0.2) is 70.0 Å². The molecule has 4 aromatic rings. The van der Waals surface area contributed by atoms with Gasteiger partial charge in [0.1, 0.15) is 11.3 Å². The van der Waals surface area contributed by atoms with E-state index < -0.39 is 15.9 Å². The predicted molar refractivity (Wildman–Crippen MR) is 134 cm³/mol. The van der Waals surface area contributed by atoms with Crippen molar-refractivity contribution < 1.29 is 17.6 Å². The SMILES string of the molecule is Cc1ccc(C)c(S(=O)(=O)N(C(=O)c2ccc(Cl)cc2)c2ccc3oc4c(c3c2)CCCC4)c1. The standard InChI is InChI=1S/C27H24ClNO4S/c1-17-7-8-18(2)26(15-17)34(31,32)29(27(30)19-9-11-20(28)12-10-19)21-13-14-25-23(16-21)22-5-3-4-6-24(22)33-25/h7-16H,3-6H2,1-2H3. The van der Waals surface area contributed by atoms with Gasteiger partial charge in [-0.2, -0.15) is 4.31 Å². The molecule has 0 atom stereocenters. The monoisotopic (exact) mass is 493 g/mol. The average molecular weight is 494 g/mol. The van der Waals surface area contributed by atoms with Gasteiger partial charge in [-0.1, -0.05) is 23.7 Å². The first-order chi connectivity index (χ1) is 16.3. The Morgan fingerprint density at radius 3 is 2.44 bits per heavy atom. The molecule has 0 fully saturated rings. The number of halogens is 1. The summed E-state index contributed by atoms with van der Waals surface area (Å²) in [6.07, 6.45) is 3.87. The van der Waals surface area contributed by atoms with Crippen LogP contribution >= 0.6 is 11.6 Å². The zero-order chi connectivity index (χ0) is 24.0. The molecule has 1 aliphatic carbocycles. The van der Waals surface area contributed by atoms with Crippen LogP contribution in [0.1, 0.15) is 45.7 Å². The number of hydrogen-bond acceptors (Lipinski definition) is 4. The number of carbonyl (C=O) groups is 1. The van der Waals surface area contributed by atoms with Gasteiger partial charge in [0.15, 0.2) is 0 Å². The lowest BCUT2D eigenvalue weighted by molar-refractivity contribution is 0.101. The molecule has 0 saturated heterocycles. The zero-order valence-corrected chi connectivity index (χ0v) is 20.5. The topological polar surface area (TPSA) is 67.6 Å². The van der Waals surface area contributed by atoms with E-state index in [1.807, 2.05) is 13.0 Å². The van der Waals surface area contributed by atoms with Gasteiger partial charge in [-0.3, -0.25) is 4.79 Å². The number of rotatable bonds is 4. The molecule has 0 saturated carbocycles. The Hall–Kier alpha value is -3.09. The highest BCUT2D eigenvalue weighted by molar-refractivity contribution is 7.93. The average Bonchev–Trinajstić information content (AvgIpc) is 3.19. The maximum Gasteiger partial charge on any atom is 0.272 e. The highest BCUT2D eigenvalue weighted by atomic mass is 35.5. The Balaban J connectivity index is 1.72. The summed E-state index contributed by atoms with van der Waals surface area (Å²) in [6, 6.07) is 16.6. The highest BCUT2D eigenvalue weighted by Crippen LogP contribution is 2.36. The summed E-state index contributed by atoms with van der Waals surface area (Å²) >= 11 is 6.00. The summed E-state index contributed by atoms with van der Waals surface area (Å²) in [5.41, 5.74) is 3.68. The molecule has 7 heteroatoms.